The fraction of sp³-hybridized carbons (Fsp3) is 0.125. The first-order valence-electron chi connectivity index (χ1n) is 10.4. The molecule has 4 aromatic heterocycles. The minimum Gasteiger partial charge on any atom is -0.317 e. The predicted molar refractivity (Wildman–Crippen MR) is 137 cm³/mol. The van der Waals surface area contributed by atoms with E-state index in [0.29, 0.717) is 6.42 Å². The van der Waals surface area contributed by atoms with E-state index in [0.717, 1.165) is 38.6 Å². The van der Waals surface area contributed by atoms with Crippen LogP contribution in [0.4, 0.5) is 4.39 Å². The summed E-state index contributed by atoms with van der Waals surface area (Å²) in [6, 6.07) is 13.4. The van der Waals surface area contributed by atoms with E-state index in [9.17, 15) is 12.8 Å². The lowest BCUT2D eigenvalue weighted by atomic mass is 10.0. The third-order valence-electron chi connectivity index (χ3n) is 5.41. The Morgan fingerprint density at radius 2 is 1.83 bits per heavy atom. The molecule has 0 saturated carbocycles. The summed E-state index contributed by atoms with van der Waals surface area (Å²) >= 11 is 1.19. The summed E-state index contributed by atoms with van der Waals surface area (Å²) < 4.78 is 40.8. The van der Waals surface area contributed by atoms with Gasteiger partial charge in [-0.15, -0.1) is 23.7 Å². The van der Waals surface area contributed by atoms with E-state index in [1.54, 1.807) is 36.7 Å². The van der Waals surface area contributed by atoms with E-state index in [2.05, 4.69) is 20.0 Å². The zero-order valence-corrected chi connectivity index (χ0v) is 20.6. The molecule has 178 valence electrons. The van der Waals surface area contributed by atoms with E-state index < -0.39 is 9.84 Å². The molecule has 4 heterocycles. The second kappa shape index (κ2) is 10.00. The van der Waals surface area contributed by atoms with Gasteiger partial charge in [-0.3, -0.25) is 9.50 Å². The zero-order valence-electron chi connectivity index (χ0n) is 18.2. The number of halogens is 2. The van der Waals surface area contributed by atoms with Crippen LogP contribution >= 0.6 is 23.7 Å². The van der Waals surface area contributed by atoms with Crippen molar-refractivity contribution in [2.45, 2.75) is 10.6 Å². The lowest BCUT2D eigenvalue weighted by Gasteiger charge is -2.06. The van der Waals surface area contributed by atoms with Crippen LogP contribution in [0.15, 0.2) is 71.3 Å². The van der Waals surface area contributed by atoms with E-state index >= 15 is 0 Å². The standard InChI is InChI=1S/C24H18FN5O2S2.ClH/c1-26-11-2-12-34(31,32)23-10-8-21(33-23)20-14-27-22-9-5-17(15-30(20)22)19-13-28-29-24(19)16-3-6-18(25)7-4-16;/h3-10,13-15H,2,11-12H2,(H,28,29);1H. The molecule has 0 atom stereocenters. The highest BCUT2D eigenvalue weighted by Gasteiger charge is 2.19. The van der Waals surface area contributed by atoms with Gasteiger partial charge in [0.2, 0.25) is 6.54 Å². The van der Waals surface area contributed by atoms with Gasteiger partial charge in [0.05, 0.1) is 34.4 Å². The average Bonchev–Trinajstić information content (AvgIpc) is 3.58. The number of pyridine rings is 1. The number of aromatic nitrogens is 4. The minimum absolute atomic E-state index is 0. The van der Waals surface area contributed by atoms with Gasteiger partial charge in [-0.25, -0.2) is 24.4 Å². The Morgan fingerprint density at radius 3 is 2.60 bits per heavy atom. The van der Waals surface area contributed by atoms with Crippen molar-refractivity contribution in [3.63, 3.8) is 0 Å². The largest absolute Gasteiger partial charge is 0.317 e. The van der Waals surface area contributed by atoms with Crippen LogP contribution in [0.25, 0.3) is 43.4 Å². The van der Waals surface area contributed by atoms with Crippen LogP contribution in [0.2, 0.25) is 0 Å². The summed E-state index contributed by atoms with van der Waals surface area (Å²) in [5.74, 6) is -0.350. The first-order chi connectivity index (χ1) is 16.5. The quantitative estimate of drug-likeness (QED) is 0.215. The third kappa shape index (κ3) is 4.84. The molecule has 0 radical (unpaired) electrons. The summed E-state index contributed by atoms with van der Waals surface area (Å²) in [5, 5.41) is 7.17. The van der Waals surface area contributed by atoms with Crippen molar-refractivity contribution in [1.82, 2.24) is 19.6 Å². The smallest absolute Gasteiger partial charge is 0.215 e. The van der Waals surface area contributed by atoms with E-state index in [1.165, 1.54) is 23.5 Å². The Kier molecular flexibility index (Phi) is 7.03. The summed E-state index contributed by atoms with van der Waals surface area (Å²) in [4.78, 5) is 8.46. The Bertz CT molecular complexity index is 1630. The van der Waals surface area contributed by atoms with Crippen molar-refractivity contribution in [3.05, 3.63) is 84.4 Å². The first kappa shape index (κ1) is 24.6. The van der Waals surface area contributed by atoms with Crippen LogP contribution < -0.4 is 0 Å². The number of thiophene rings is 1. The number of sulfone groups is 1. The third-order valence-corrected chi connectivity index (χ3v) is 8.90. The minimum atomic E-state index is -3.43. The predicted octanol–water partition coefficient (Wildman–Crippen LogP) is 5.76. The lowest BCUT2D eigenvalue weighted by molar-refractivity contribution is 0.596. The van der Waals surface area contributed by atoms with Crippen LogP contribution in [0.3, 0.4) is 0 Å². The van der Waals surface area contributed by atoms with Crippen LogP contribution in [0, 0.1) is 12.4 Å². The maximum Gasteiger partial charge on any atom is 0.215 e. The number of hydrogen-bond donors (Lipinski definition) is 1. The summed E-state index contributed by atoms with van der Waals surface area (Å²) in [5.41, 5.74) is 4.80. The van der Waals surface area contributed by atoms with Crippen LogP contribution in [-0.2, 0) is 9.84 Å². The highest BCUT2D eigenvalue weighted by Crippen LogP contribution is 2.34. The Labute approximate surface area is 211 Å². The number of hydrogen-bond acceptors (Lipinski definition) is 5. The van der Waals surface area contributed by atoms with E-state index in [4.69, 9.17) is 6.57 Å². The van der Waals surface area contributed by atoms with Gasteiger partial charge in [0.1, 0.15) is 15.7 Å². The maximum absolute atomic E-state index is 13.4. The maximum atomic E-state index is 13.4. The Morgan fingerprint density at radius 1 is 1.06 bits per heavy atom. The highest BCUT2D eigenvalue weighted by atomic mass is 35.5. The van der Waals surface area contributed by atoms with Gasteiger partial charge in [-0.1, -0.05) is 0 Å². The number of nitrogens with zero attached hydrogens (tertiary/aromatic N) is 4. The van der Waals surface area contributed by atoms with Gasteiger partial charge in [0, 0.05) is 29.3 Å². The topological polar surface area (TPSA) is 84.5 Å². The van der Waals surface area contributed by atoms with Crippen molar-refractivity contribution in [2.24, 2.45) is 0 Å². The molecule has 0 fully saturated rings. The molecule has 0 aliphatic heterocycles. The van der Waals surface area contributed by atoms with Crippen LogP contribution in [0.1, 0.15) is 6.42 Å². The molecule has 1 N–H and O–H groups in total. The fourth-order valence-corrected chi connectivity index (χ4v) is 6.48. The average molecular weight is 528 g/mol. The van der Waals surface area contributed by atoms with Crippen molar-refractivity contribution >= 4 is 39.2 Å². The molecule has 7 nitrogen and oxygen atoms in total. The molecule has 5 aromatic rings. The molecule has 0 aliphatic rings. The zero-order chi connectivity index (χ0) is 23.7. The van der Waals surface area contributed by atoms with E-state index in [-0.39, 0.29) is 34.7 Å². The molecule has 0 unspecified atom stereocenters. The van der Waals surface area contributed by atoms with Gasteiger partial charge in [0.25, 0.3) is 0 Å². The molecule has 1 aromatic carbocycles. The normalized spacial score (nSPS) is 11.3. The number of benzene rings is 1. The molecule has 0 aliphatic carbocycles. The summed E-state index contributed by atoms with van der Waals surface area (Å²) in [6.07, 6.45) is 5.68. The molecule has 0 amide bonds. The first-order valence-corrected chi connectivity index (χ1v) is 12.9. The number of H-pyrrole nitrogens is 1. The number of imidazole rings is 1. The number of nitrogens with one attached hydrogen (secondary N) is 1. The fourth-order valence-electron chi connectivity index (χ4n) is 3.72. The van der Waals surface area contributed by atoms with Crippen LogP contribution in [0.5, 0.6) is 0 Å². The van der Waals surface area contributed by atoms with Crippen molar-refractivity contribution in [2.75, 3.05) is 12.3 Å². The van der Waals surface area contributed by atoms with Crippen molar-refractivity contribution in [1.29, 1.82) is 0 Å². The molecule has 11 heteroatoms. The van der Waals surface area contributed by atoms with Gasteiger partial charge < -0.3 is 4.85 Å². The van der Waals surface area contributed by atoms with Gasteiger partial charge in [-0.05, 0) is 48.5 Å². The van der Waals surface area contributed by atoms with Crippen molar-refractivity contribution < 1.29 is 12.8 Å². The molecule has 0 saturated heterocycles. The van der Waals surface area contributed by atoms with Crippen molar-refractivity contribution in [3.8, 4) is 33.0 Å². The summed E-state index contributed by atoms with van der Waals surface area (Å²) in [7, 11) is -3.43. The second-order valence-electron chi connectivity index (χ2n) is 7.63. The van der Waals surface area contributed by atoms with Gasteiger partial charge in [0.15, 0.2) is 9.84 Å². The molecular formula is C24H19ClFN5O2S2. The lowest BCUT2D eigenvalue weighted by Crippen LogP contribution is -2.05. The van der Waals surface area contributed by atoms with Gasteiger partial charge >= 0.3 is 0 Å². The molecular weight excluding hydrogens is 509 g/mol. The van der Waals surface area contributed by atoms with E-state index in [1.807, 2.05) is 22.7 Å². The Balaban J connectivity index is 0.00000289. The molecule has 35 heavy (non-hydrogen) atoms. The Hall–Kier alpha value is -3.52. The van der Waals surface area contributed by atoms with Gasteiger partial charge in [-0.2, -0.15) is 5.10 Å². The summed E-state index contributed by atoms with van der Waals surface area (Å²) in [6.45, 7) is 7.03. The SMILES string of the molecule is Cl.[C-]#[N+]CCCS(=O)(=O)c1ccc(-c2cnc3ccc(-c4cn[nH]c4-c4ccc(F)cc4)cn23)s1. The second-order valence-corrected chi connectivity index (χ2v) is 11.0. The monoisotopic (exact) mass is 527 g/mol. The number of aromatic amines is 1. The number of rotatable bonds is 7. The number of fused-ring (bicyclic) bond motifs is 1. The highest BCUT2D eigenvalue weighted by molar-refractivity contribution is 7.93. The molecule has 0 spiro atoms. The molecule has 5 rings (SSSR count). The molecule has 0 bridgehead atoms. The van der Waals surface area contributed by atoms with Crippen LogP contribution in [-0.4, -0.2) is 40.3 Å².